The zero-order chi connectivity index (χ0) is 12.8. The van der Waals surface area contributed by atoms with Gasteiger partial charge in [-0.05, 0) is 31.0 Å². The normalized spacial score (nSPS) is 18.8. The lowest BCUT2D eigenvalue weighted by Crippen LogP contribution is -2.45. The Bertz CT molecular complexity index is 405. The van der Waals surface area contributed by atoms with E-state index in [1.807, 2.05) is 24.3 Å². The van der Waals surface area contributed by atoms with Gasteiger partial charge in [0.1, 0.15) is 0 Å². The Hall–Kier alpha value is -1.10. The fraction of sp³-hybridized carbons (Fsp3) is 0.462. The highest BCUT2D eigenvalue weighted by Gasteiger charge is 2.14. The molecule has 0 bridgehead atoms. The number of nitrogens with one attached hydrogen (secondary N) is 3. The summed E-state index contributed by atoms with van der Waals surface area (Å²) in [5, 5.41) is 3.95. The molecule has 5 heteroatoms. The molecule has 0 spiro atoms. The number of halogens is 1. The molecule has 4 nitrogen and oxygen atoms in total. The summed E-state index contributed by atoms with van der Waals surface area (Å²) in [6.07, 6.45) is 2.15. The summed E-state index contributed by atoms with van der Waals surface area (Å²) in [7, 11) is 0. The number of hydrogen-bond donors (Lipinski definition) is 3. The van der Waals surface area contributed by atoms with Gasteiger partial charge in [0.25, 0.3) is 0 Å². The van der Waals surface area contributed by atoms with Crippen molar-refractivity contribution in [1.29, 1.82) is 0 Å². The van der Waals surface area contributed by atoms with Gasteiger partial charge in [-0.3, -0.25) is 10.2 Å². The molecular formula is C13H18ClN3O. The van der Waals surface area contributed by atoms with Gasteiger partial charge < -0.3 is 5.32 Å². The van der Waals surface area contributed by atoms with Crippen LogP contribution in [0.25, 0.3) is 0 Å². The molecule has 0 saturated carbocycles. The summed E-state index contributed by atoms with van der Waals surface area (Å²) >= 11 is 6.03. The van der Waals surface area contributed by atoms with Crippen molar-refractivity contribution in [2.75, 3.05) is 13.1 Å². The van der Waals surface area contributed by atoms with Gasteiger partial charge in [-0.25, -0.2) is 5.43 Å². The van der Waals surface area contributed by atoms with Crippen molar-refractivity contribution in [3.8, 4) is 0 Å². The third-order valence-electron chi connectivity index (χ3n) is 3.06. The first-order chi connectivity index (χ1) is 8.75. The van der Waals surface area contributed by atoms with Crippen molar-refractivity contribution in [2.24, 2.45) is 0 Å². The lowest BCUT2D eigenvalue weighted by atomic mass is 10.1. The molecule has 1 amide bonds. The van der Waals surface area contributed by atoms with Crippen LogP contribution in [-0.4, -0.2) is 25.0 Å². The van der Waals surface area contributed by atoms with Crippen molar-refractivity contribution >= 4 is 17.5 Å². The molecule has 1 fully saturated rings. The standard InChI is InChI=1S/C13H18ClN3O/c14-12-4-2-1-3-10(12)5-6-13(18)17-16-11-7-8-15-9-11/h1-4,11,15-16H,5-9H2,(H,17,18). The number of carbonyl (C=O) groups excluding carboxylic acids is 1. The maximum atomic E-state index is 11.6. The van der Waals surface area contributed by atoms with Gasteiger partial charge >= 0.3 is 0 Å². The third kappa shape index (κ3) is 3.98. The SMILES string of the molecule is O=C(CCc1ccccc1Cl)NNC1CCNC1. The number of amides is 1. The molecule has 1 aliphatic rings. The first-order valence-corrected chi connectivity index (χ1v) is 6.62. The molecule has 0 radical (unpaired) electrons. The second kappa shape index (κ2) is 6.73. The van der Waals surface area contributed by atoms with Crippen molar-refractivity contribution in [1.82, 2.24) is 16.2 Å². The van der Waals surface area contributed by atoms with Crippen LogP contribution in [0.4, 0.5) is 0 Å². The lowest BCUT2D eigenvalue weighted by Gasteiger charge is -2.12. The van der Waals surface area contributed by atoms with E-state index in [1.165, 1.54) is 0 Å². The largest absolute Gasteiger partial charge is 0.315 e. The molecule has 0 aromatic heterocycles. The Morgan fingerprint density at radius 2 is 2.28 bits per heavy atom. The maximum absolute atomic E-state index is 11.6. The van der Waals surface area contributed by atoms with E-state index >= 15 is 0 Å². The fourth-order valence-corrected chi connectivity index (χ4v) is 2.20. The lowest BCUT2D eigenvalue weighted by molar-refractivity contribution is -0.122. The van der Waals surface area contributed by atoms with E-state index in [9.17, 15) is 4.79 Å². The molecule has 1 aromatic carbocycles. The minimum absolute atomic E-state index is 0.00168. The van der Waals surface area contributed by atoms with Crippen LogP contribution >= 0.6 is 11.6 Å². The first kappa shape index (κ1) is 13.3. The number of hydrogen-bond acceptors (Lipinski definition) is 3. The van der Waals surface area contributed by atoms with Crippen LogP contribution in [0.15, 0.2) is 24.3 Å². The van der Waals surface area contributed by atoms with Crippen molar-refractivity contribution in [3.05, 3.63) is 34.9 Å². The van der Waals surface area contributed by atoms with Gasteiger partial charge in [-0.2, -0.15) is 0 Å². The van der Waals surface area contributed by atoms with Crippen LogP contribution < -0.4 is 16.2 Å². The Kier molecular flexibility index (Phi) is 4.99. The van der Waals surface area contributed by atoms with Crippen molar-refractivity contribution in [3.63, 3.8) is 0 Å². The second-order valence-electron chi connectivity index (χ2n) is 4.47. The summed E-state index contributed by atoms with van der Waals surface area (Å²) in [6.45, 7) is 1.91. The molecule has 1 aromatic rings. The predicted molar refractivity (Wildman–Crippen MR) is 72.3 cm³/mol. The molecular weight excluding hydrogens is 250 g/mol. The van der Waals surface area contributed by atoms with Crippen LogP contribution in [0.1, 0.15) is 18.4 Å². The second-order valence-corrected chi connectivity index (χ2v) is 4.88. The van der Waals surface area contributed by atoms with E-state index in [0.717, 1.165) is 30.1 Å². The van der Waals surface area contributed by atoms with E-state index in [2.05, 4.69) is 16.2 Å². The minimum atomic E-state index is 0.00168. The zero-order valence-electron chi connectivity index (χ0n) is 10.2. The number of hydrazine groups is 1. The molecule has 18 heavy (non-hydrogen) atoms. The van der Waals surface area contributed by atoms with Gasteiger partial charge in [-0.1, -0.05) is 29.8 Å². The van der Waals surface area contributed by atoms with E-state index in [4.69, 9.17) is 11.6 Å². The van der Waals surface area contributed by atoms with Crippen LogP contribution in [0.2, 0.25) is 5.02 Å². The highest BCUT2D eigenvalue weighted by Crippen LogP contribution is 2.16. The summed E-state index contributed by atoms with van der Waals surface area (Å²) in [4.78, 5) is 11.6. The Morgan fingerprint density at radius 3 is 3.00 bits per heavy atom. The molecule has 3 N–H and O–H groups in total. The van der Waals surface area contributed by atoms with E-state index in [-0.39, 0.29) is 5.91 Å². The molecule has 1 aliphatic heterocycles. The summed E-state index contributed by atoms with van der Waals surface area (Å²) < 4.78 is 0. The average Bonchev–Trinajstić information content (AvgIpc) is 2.88. The van der Waals surface area contributed by atoms with E-state index < -0.39 is 0 Å². The summed E-state index contributed by atoms with van der Waals surface area (Å²) in [5.41, 5.74) is 6.79. The highest BCUT2D eigenvalue weighted by molar-refractivity contribution is 6.31. The third-order valence-corrected chi connectivity index (χ3v) is 3.42. The highest BCUT2D eigenvalue weighted by atomic mass is 35.5. The van der Waals surface area contributed by atoms with Crippen LogP contribution in [0.5, 0.6) is 0 Å². The Labute approximate surface area is 112 Å². The van der Waals surface area contributed by atoms with E-state index in [1.54, 1.807) is 0 Å². The van der Waals surface area contributed by atoms with Crippen molar-refractivity contribution < 1.29 is 4.79 Å². The number of rotatable bonds is 5. The van der Waals surface area contributed by atoms with Crippen LogP contribution in [0, 0.1) is 0 Å². The fourth-order valence-electron chi connectivity index (χ4n) is 1.97. The smallest absolute Gasteiger partial charge is 0.234 e. The number of carbonyl (C=O) groups is 1. The number of aryl methyl sites for hydroxylation is 1. The van der Waals surface area contributed by atoms with Crippen LogP contribution in [0.3, 0.4) is 0 Å². The Balaban J connectivity index is 1.69. The molecule has 1 atom stereocenters. The Morgan fingerprint density at radius 1 is 1.44 bits per heavy atom. The van der Waals surface area contributed by atoms with Gasteiger partial charge in [0.05, 0.1) is 0 Å². The molecule has 0 aliphatic carbocycles. The summed E-state index contributed by atoms with van der Waals surface area (Å²) in [6, 6.07) is 7.96. The predicted octanol–water partition coefficient (Wildman–Crippen LogP) is 1.26. The maximum Gasteiger partial charge on any atom is 0.234 e. The average molecular weight is 268 g/mol. The zero-order valence-corrected chi connectivity index (χ0v) is 11.0. The summed E-state index contributed by atoms with van der Waals surface area (Å²) in [5.74, 6) is 0.00168. The monoisotopic (exact) mass is 267 g/mol. The molecule has 1 saturated heterocycles. The minimum Gasteiger partial charge on any atom is -0.315 e. The van der Waals surface area contributed by atoms with Gasteiger partial charge in [0.2, 0.25) is 5.91 Å². The van der Waals surface area contributed by atoms with Crippen LogP contribution in [-0.2, 0) is 11.2 Å². The van der Waals surface area contributed by atoms with Gasteiger partial charge in [0.15, 0.2) is 0 Å². The molecule has 1 unspecified atom stereocenters. The molecule has 98 valence electrons. The molecule has 1 heterocycles. The quantitative estimate of drug-likeness (QED) is 0.704. The molecule has 2 rings (SSSR count). The number of benzene rings is 1. The van der Waals surface area contributed by atoms with Gasteiger partial charge in [0, 0.05) is 24.0 Å². The topological polar surface area (TPSA) is 53.2 Å². The van der Waals surface area contributed by atoms with Gasteiger partial charge in [-0.15, -0.1) is 0 Å². The van der Waals surface area contributed by atoms with Crippen molar-refractivity contribution in [2.45, 2.75) is 25.3 Å². The van der Waals surface area contributed by atoms with E-state index in [0.29, 0.717) is 18.9 Å². The first-order valence-electron chi connectivity index (χ1n) is 6.24.